The molecule has 0 saturated heterocycles. The topological polar surface area (TPSA) is 46.5 Å². The average molecular weight is 202 g/mol. The van der Waals surface area contributed by atoms with Crippen LogP contribution in [0.25, 0.3) is 0 Å². The van der Waals surface area contributed by atoms with Crippen molar-refractivity contribution in [3.8, 4) is 0 Å². The first-order chi connectivity index (χ1) is 6.48. The second-order valence-corrected chi connectivity index (χ2v) is 4.75. The lowest BCUT2D eigenvalue weighted by atomic mass is 9.98. The zero-order valence-electron chi connectivity index (χ0n) is 9.51. The lowest BCUT2D eigenvalue weighted by Gasteiger charge is -2.11. The molecule has 3 heteroatoms. The van der Waals surface area contributed by atoms with Crippen LogP contribution in [0.4, 0.5) is 0 Å². The summed E-state index contributed by atoms with van der Waals surface area (Å²) >= 11 is 0. The van der Waals surface area contributed by atoms with Crippen molar-refractivity contribution >= 4 is 5.97 Å². The fourth-order valence-corrected chi connectivity index (χ4v) is 1.20. The first kappa shape index (κ1) is 13.4. The predicted octanol–water partition coefficient (Wildman–Crippen LogP) is 3.39. The minimum Gasteiger partial charge on any atom is -0.300 e. The molecular formula is C11H22O3. The molecule has 0 aromatic rings. The molecule has 0 spiro atoms. The highest BCUT2D eigenvalue weighted by Gasteiger charge is 2.22. The molecule has 0 aliphatic heterocycles. The Morgan fingerprint density at radius 1 is 1.00 bits per heavy atom. The normalized spacial score (nSPS) is 16.6. The van der Waals surface area contributed by atoms with Crippen LogP contribution in [0.15, 0.2) is 0 Å². The highest BCUT2D eigenvalue weighted by molar-refractivity contribution is 5.74. The molecule has 14 heavy (non-hydrogen) atoms. The Hall–Kier alpha value is -0.570. The van der Waals surface area contributed by atoms with E-state index in [1.807, 2.05) is 0 Å². The third-order valence-corrected chi connectivity index (χ3v) is 2.20. The number of carbonyl (C=O) groups is 1. The van der Waals surface area contributed by atoms with Gasteiger partial charge >= 0.3 is 5.97 Å². The lowest BCUT2D eigenvalue weighted by molar-refractivity contribution is -0.243. The number of rotatable bonds is 0. The SMILES string of the molecule is C1CCCCC1.CC(C)(C)C(=O)OO. The summed E-state index contributed by atoms with van der Waals surface area (Å²) in [6.07, 6.45) is 9.00. The maximum Gasteiger partial charge on any atom is 0.347 e. The van der Waals surface area contributed by atoms with Gasteiger partial charge in [-0.05, 0) is 20.8 Å². The van der Waals surface area contributed by atoms with E-state index in [1.54, 1.807) is 20.8 Å². The summed E-state index contributed by atoms with van der Waals surface area (Å²) in [7, 11) is 0. The van der Waals surface area contributed by atoms with Gasteiger partial charge in [0.2, 0.25) is 0 Å². The maximum absolute atomic E-state index is 10.4. The molecule has 1 N–H and O–H groups in total. The molecular weight excluding hydrogens is 180 g/mol. The molecule has 0 heterocycles. The summed E-state index contributed by atoms with van der Waals surface area (Å²) in [5.74, 6) is -0.613. The third kappa shape index (κ3) is 6.89. The van der Waals surface area contributed by atoms with Crippen molar-refractivity contribution in [2.75, 3.05) is 0 Å². The summed E-state index contributed by atoms with van der Waals surface area (Å²) in [4.78, 5) is 13.8. The second-order valence-electron chi connectivity index (χ2n) is 4.75. The van der Waals surface area contributed by atoms with Crippen molar-refractivity contribution in [1.29, 1.82) is 0 Å². The summed E-state index contributed by atoms with van der Waals surface area (Å²) in [6.45, 7) is 4.97. The van der Waals surface area contributed by atoms with Gasteiger partial charge in [-0.3, -0.25) is 0 Å². The molecule has 84 valence electrons. The van der Waals surface area contributed by atoms with E-state index in [1.165, 1.54) is 38.5 Å². The summed E-state index contributed by atoms with van der Waals surface area (Å²) in [5, 5.41) is 7.82. The molecule has 0 aromatic carbocycles. The van der Waals surface area contributed by atoms with Crippen LogP contribution >= 0.6 is 0 Å². The van der Waals surface area contributed by atoms with Crippen LogP contribution in [0.1, 0.15) is 59.3 Å². The van der Waals surface area contributed by atoms with Gasteiger partial charge in [-0.2, -0.15) is 5.26 Å². The Balaban J connectivity index is 0.000000249. The first-order valence-corrected chi connectivity index (χ1v) is 5.34. The quantitative estimate of drug-likeness (QED) is 0.484. The standard InChI is InChI=1S/C6H12.C5H10O3/c1-2-4-6-5-3-1;1-5(2,3)4(6)8-7/h1-6H2;7H,1-3H3. The molecule has 1 rings (SSSR count). The molecule has 1 aliphatic rings. The highest BCUT2D eigenvalue weighted by atomic mass is 17.1. The van der Waals surface area contributed by atoms with Gasteiger partial charge in [0.1, 0.15) is 0 Å². The van der Waals surface area contributed by atoms with E-state index < -0.39 is 11.4 Å². The minimum atomic E-state index is -0.613. The van der Waals surface area contributed by atoms with Crippen LogP contribution in [0.3, 0.4) is 0 Å². The monoisotopic (exact) mass is 202 g/mol. The Morgan fingerprint density at radius 2 is 1.29 bits per heavy atom. The molecule has 1 saturated carbocycles. The van der Waals surface area contributed by atoms with Gasteiger partial charge < -0.3 is 4.89 Å². The fraction of sp³-hybridized carbons (Fsp3) is 0.909. The molecule has 1 fully saturated rings. The third-order valence-electron chi connectivity index (χ3n) is 2.20. The fourth-order valence-electron chi connectivity index (χ4n) is 1.20. The van der Waals surface area contributed by atoms with E-state index in [-0.39, 0.29) is 0 Å². The van der Waals surface area contributed by atoms with Gasteiger partial charge in [-0.1, -0.05) is 38.5 Å². The van der Waals surface area contributed by atoms with Gasteiger partial charge in [0.25, 0.3) is 0 Å². The first-order valence-electron chi connectivity index (χ1n) is 5.34. The molecule has 1 aliphatic carbocycles. The number of hydrogen-bond acceptors (Lipinski definition) is 3. The Labute approximate surface area is 86.4 Å². The Kier molecular flexibility index (Phi) is 6.54. The van der Waals surface area contributed by atoms with Crippen molar-refractivity contribution in [2.24, 2.45) is 5.41 Å². The predicted molar refractivity (Wildman–Crippen MR) is 55.9 cm³/mol. The molecule has 0 amide bonds. The summed E-state index contributed by atoms with van der Waals surface area (Å²) < 4.78 is 0. The maximum atomic E-state index is 10.4. The van der Waals surface area contributed by atoms with Crippen LogP contribution < -0.4 is 0 Å². The zero-order valence-corrected chi connectivity index (χ0v) is 9.51. The van der Waals surface area contributed by atoms with Gasteiger partial charge in [0.15, 0.2) is 0 Å². The van der Waals surface area contributed by atoms with Crippen molar-refractivity contribution < 1.29 is 14.9 Å². The highest BCUT2D eigenvalue weighted by Crippen LogP contribution is 2.15. The van der Waals surface area contributed by atoms with Crippen molar-refractivity contribution in [3.05, 3.63) is 0 Å². The number of hydrogen-bond donors (Lipinski definition) is 1. The van der Waals surface area contributed by atoms with Crippen molar-refractivity contribution in [3.63, 3.8) is 0 Å². The molecule has 0 aromatic heterocycles. The largest absolute Gasteiger partial charge is 0.347 e. The van der Waals surface area contributed by atoms with Gasteiger partial charge in [0.05, 0.1) is 5.41 Å². The molecule has 0 bridgehead atoms. The lowest BCUT2D eigenvalue weighted by Crippen LogP contribution is -2.21. The van der Waals surface area contributed by atoms with Gasteiger partial charge in [-0.15, -0.1) is 0 Å². The van der Waals surface area contributed by atoms with Crippen LogP contribution in [-0.2, 0) is 9.68 Å². The molecule has 3 nitrogen and oxygen atoms in total. The van der Waals surface area contributed by atoms with Crippen molar-refractivity contribution in [2.45, 2.75) is 59.3 Å². The van der Waals surface area contributed by atoms with E-state index in [9.17, 15) is 4.79 Å². The minimum absolute atomic E-state index is 0.602. The Morgan fingerprint density at radius 3 is 1.36 bits per heavy atom. The van der Waals surface area contributed by atoms with Crippen LogP contribution in [0.2, 0.25) is 0 Å². The zero-order chi connectivity index (χ0) is 11.0. The second kappa shape index (κ2) is 6.82. The van der Waals surface area contributed by atoms with Gasteiger partial charge in [0, 0.05) is 0 Å². The van der Waals surface area contributed by atoms with E-state index >= 15 is 0 Å². The van der Waals surface area contributed by atoms with Crippen LogP contribution in [0, 0.1) is 5.41 Å². The van der Waals surface area contributed by atoms with E-state index in [0.29, 0.717) is 0 Å². The summed E-state index contributed by atoms with van der Waals surface area (Å²) in [6, 6.07) is 0. The van der Waals surface area contributed by atoms with Crippen LogP contribution in [-0.4, -0.2) is 11.2 Å². The Bertz CT molecular complexity index is 143. The number of carbonyl (C=O) groups excluding carboxylic acids is 1. The molecule has 0 radical (unpaired) electrons. The van der Waals surface area contributed by atoms with Crippen molar-refractivity contribution in [1.82, 2.24) is 0 Å². The van der Waals surface area contributed by atoms with Gasteiger partial charge in [-0.25, -0.2) is 4.79 Å². The summed E-state index contributed by atoms with van der Waals surface area (Å²) in [5.41, 5.74) is -0.602. The van der Waals surface area contributed by atoms with Crippen LogP contribution in [0.5, 0.6) is 0 Å². The molecule has 0 atom stereocenters. The van der Waals surface area contributed by atoms with E-state index in [0.717, 1.165) is 0 Å². The van der Waals surface area contributed by atoms with E-state index in [2.05, 4.69) is 4.89 Å². The smallest absolute Gasteiger partial charge is 0.300 e. The molecule has 0 unspecified atom stereocenters. The average Bonchev–Trinajstić information content (AvgIpc) is 2.19. The van der Waals surface area contributed by atoms with E-state index in [4.69, 9.17) is 5.26 Å².